The topological polar surface area (TPSA) is 18.5 Å². The largest absolute Gasteiger partial charge is 0.494 e. The lowest BCUT2D eigenvalue weighted by atomic mass is 9.75. The highest BCUT2D eigenvalue weighted by Crippen LogP contribution is 2.40. The van der Waals surface area contributed by atoms with E-state index >= 15 is 0 Å². The zero-order chi connectivity index (χ0) is 22.6. The van der Waals surface area contributed by atoms with Gasteiger partial charge in [-0.15, -0.1) is 11.3 Å². The predicted octanol–water partition coefficient (Wildman–Crippen LogP) is 8.84. The number of benzene rings is 2. The van der Waals surface area contributed by atoms with Crippen LogP contribution in [-0.2, 0) is 4.74 Å². The molecule has 1 aliphatic heterocycles. The van der Waals surface area contributed by atoms with Crippen LogP contribution >= 0.6 is 11.3 Å². The standard InChI is InChI=1S/C30H38O2S/c1-3-5-21-6-8-23(9-7-21)28-17-15-26(20-32-28)22-10-12-24(13-11-22)29-18-25-14-16-27(31-4-2)19-30(25)33-29/h10-14,16,18-19,21,23,26,28H,3-9,15,17,20H2,1-2H3. The molecule has 1 saturated heterocycles. The van der Waals surface area contributed by atoms with Crippen LogP contribution in [-0.4, -0.2) is 19.3 Å². The number of hydrogen-bond donors (Lipinski definition) is 0. The summed E-state index contributed by atoms with van der Waals surface area (Å²) in [6.45, 7) is 5.95. The Morgan fingerprint density at radius 2 is 1.73 bits per heavy atom. The van der Waals surface area contributed by atoms with Crippen molar-refractivity contribution in [2.75, 3.05) is 13.2 Å². The van der Waals surface area contributed by atoms with Crippen LogP contribution in [0.25, 0.3) is 20.5 Å². The lowest BCUT2D eigenvalue weighted by Gasteiger charge is -2.38. The fraction of sp³-hybridized carbons (Fsp3) is 0.533. The molecule has 176 valence electrons. The minimum Gasteiger partial charge on any atom is -0.494 e. The number of thiophene rings is 1. The van der Waals surface area contributed by atoms with Gasteiger partial charge in [0.2, 0.25) is 0 Å². The average Bonchev–Trinajstić information content (AvgIpc) is 3.29. The van der Waals surface area contributed by atoms with Crippen LogP contribution in [0.1, 0.15) is 76.7 Å². The fourth-order valence-electron chi connectivity index (χ4n) is 5.99. The Bertz CT molecular complexity index is 1020. The van der Waals surface area contributed by atoms with Gasteiger partial charge in [0, 0.05) is 15.5 Å². The van der Waals surface area contributed by atoms with Crippen LogP contribution in [0.15, 0.2) is 48.5 Å². The van der Waals surface area contributed by atoms with Gasteiger partial charge >= 0.3 is 0 Å². The first-order valence-corrected chi connectivity index (χ1v) is 13.9. The third-order valence-corrected chi connectivity index (χ3v) is 9.04. The molecule has 2 atom stereocenters. The molecule has 2 heterocycles. The molecule has 2 aliphatic rings. The van der Waals surface area contributed by atoms with Crippen molar-refractivity contribution in [1.82, 2.24) is 0 Å². The van der Waals surface area contributed by atoms with Crippen molar-refractivity contribution < 1.29 is 9.47 Å². The highest BCUT2D eigenvalue weighted by Gasteiger charge is 2.31. The van der Waals surface area contributed by atoms with Gasteiger partial charge in [-0.25, -0.2) is 0 Å². The number of ether oxygens (including phenoxy) is 2. The summed E-state index contributed by atoms with van der Waals surface area (Å²) in [4.78, 5) is 1.32. The van der Waals surface area contributed by atoms with Crippen LogP contribution in [0.5, 0.6) is 5.75 Å². The molecular formula is C30H38O2S. The summed E-state index contributed by atoms with van der Waals surface area (Å²) in [6.07, 6.45) is 11.4. The van der Waals surface area contributed by atoms with Crippen molar-refractivity contribution in [3.8, 4) is 16.2 Å². The van der Waals surface area contributed by atoms with Crippen molar-refractivity contribution in [1.29, 1.82) is 0 Å². The van der Waals surface area contributed by atoms with E-state index in [2.05, 4.69) is 55.5 Å². The quantitative estimate of drug-likeness (QED) is 0.349. The Morgan fingerprint density at radius 1 is 0.909 bits per heavy atom. The molecule has 0 amide bonds. The minimum absolute atomic E-state index is 0.503. The summed E-state index contributed by atoms with van der Waals surface area (Å²) in [7, 11) is 0. The van der Waals surface area contributed by atoms with Gasteiger partial charge in [0.25, 0.3) is 0 Å². The molecule has 0 bridgehead atoms. The van der Waals surface area contributed by atoms with Crippen LogP contribution < -0.4 is 4.74 Å². The van der Waals surface area contributed by atoms with Gasteiger partial charge < -0.3 is 9.47 Å². The van der Waals surface area contributed by atoms with E-state index in [0.29, 0.717) is 18.6 Å². The fourth-order valence-corrected chi connectivity index (χ4v) is 7.09. The summed E-state index contributed by atoms with van der Waals surface area (Å²) >= 11 is 1.85. The van der Waals surface area contributed by atoms with Gasteiger partial charge in [0.05, 0.1) is 19.3 Å². The first-order valence-electron chi connectivity index (χ1n) is 13.1. The average molecular weight is 463 g/mol. The van der Waals surface area contributed by atoms with Crippen molar-refractivity contribution in [2.45, 2.75) is 77.2 Å². The lowest BCUT2D eigenvalue weighted by Crippen LogP contribution is -2.33. The Morgan fingerprint density at radius 3 is 2.42 bits per heavy atom. The lowest BCUT2D eigenvalue weighted by molar-refractivity contribution is -0.0435. The second-order valence-electron chi connectivity index (χ2n) is 10.1. The molecule has 2 nitrogen and oxygen atoms in total. The van der Waals surface area contributed by atoms with Crippen molar-refractivity contribution in [3.05, 3.63) is 54.1 Å². The second kappa shape index (κ2) is 10.6. The maximum Gasteiger partial charge on any atom is 0.120 e. The molecule has 3 aromatic rings. The molecule has 1 aliphatic carbocycles. The first-order chi connectivity index (χ1) is 16.2. The Hall–Kier alpha value is -1.84. The summed E-state index contributed by atoms with van der Waals surface area (Å²) in [5.74, 6) is 3.28. The summed E-state index contributed by atoms with van der Waals surface area (Å²) < 4.78 is 13.4. The summed E-state index contributed by atoms with van der Waals surface area (Å²) in [5, 5.41) is 1.29. The van der Waals surface area contributed by atoms with E-state index in [0.717, 1.165) is 24.2 Å². The molecule has 0 spiro atoms. The van der Waals surface area contributed by atoms with E-state index in [-0.39, 0.29) is 0 Å². The van der Waals surface area contributed by atoms with Gasteiger partial charge in [-0.1, -0.05) is 56.9 Å². The van der Waals surface area contributed by atoms with Crippen molar-refractivity contribution >= 4 is 21.4 Å². The molecule has 0 radical (unpaired) electrons. The van der Waals surface area contributed by atoms with E-state index < -0.39 is 0 Å². The van der Waals surface area contributed by atoms with Gasteiger partial charge in [-0.05, 0) is 85.2 Å². The summed E-state index contributed by atoms with van der Waals surface area (Å²) in [6, 6.07) is 17.9. The van der Waals surface area contributed by atoms with Gasteiger partial charge in [-0.3, -0.25) is 0 Å². The minimum atomic E-state index is 0.503. The third-order valence-electron chi connectivity index (χ3n) is 7.89. The van der Waals surface area contributed by atoms with Gasteiger partial charge in [0.1, 0.15) is 5.75 Å². The monoisotopic (exact) mass is 462 g/mol. The number of fused-ring (bicyclic) bond motifs is 1. The Kier molecular flexibility index (Phi) is 7.37. The molecule has 33 heavy (non-hydrogen) atoms. The normalized spacial score (nSPS) is 25.9. The van der Waals surface area contributed by atoms with E-state index in [1.54, 1.807) is 0 Å². The van der Waals surface area contributed by atoms with E-state index in [1.807, 2.05) is 18.3 Å². The Balaban J connectivity index is 1.18. The van der Waals surface area contributed by atoms with Gasteiger partial charge in [0.15, 0.2) is 0 Å². The number of rotatable bonds is 7. The van der Waals surface area contributed by atoms with E-state index in [9.17, 15) is 0 Å². The maximum absolute atomic E-state index is 6.46. The van der Waals surface area contributed by atoms with Crippen molar-refractivity contribution in [2.24, 2.45) is 11.8 Å². The summed E-state index contributed by atoms with van der Waals surface area (Å²) in [5.41, 5.74) is 2.74. The maximum atomic E-state index is 6.46. The molecular weight excluding hydrogens is 424 g/mol. The molecule has 2 aromatic carbocycles. The van der Waals surface area contributed by atoms with E-state index in [4.69, 9.17) is 9.47 Å². The molecule has 3 heteroatoms. The number of hydrogen-bond acceptors (Lipinski definition) is 3. The SMILES string of the molecule is CCCC1CCC(C2CCC(c3ccc(-c4cc5ccc(OCC)cc5s4)cc3)CO2)CC1. The zero-order valence-corrected chi connectivity index (χ0v) is 21.0. The molecule has 1 aromatic heterocycles. The molecule has 0 N–H and O–H groups in total. The molecule has 2 fully saturated rings. The third kappa shape index (κ3) is 5.30. The highest BCUT2D eigenvalue weighted by atomic mass is 32.1. The van der Waals surface area contributed by atoms with Gasteiger partial charge in [-0.2, -0.15) is 0 Å². The van der Waals surface area contributed by atoms with E-state index in [1.165, 1.54) is 77.5 Å². The first kappa shape index (κ1) is 22.9. The molecule has 1 saturated carbocycles. The van der Waals surface area contributed by atoms with Crippen LogP contribution in [0, 0.1) is 11.8 Å². The van der Waals surface area contributed by atoms with Crippen LogP contribution in [0.2, 0.25) is 0 Å². The molecule has 2 unspecified atom stereocenters. The Labute approximate surface area is 203 Å². The van der Waals surface area contributed by atoms with Crippen LogP contribution in [0.3, 0.4) is 0 Å². The highest BCUT2D eigenvalue weighted by molar-refractivity contribution is 7.22. The molecule has 5 rings (SSSR count). The zero-order valence-electron chi connectivity index (χ0n) is 20.2. The predicted molar refractivity (Wildman–Crippen MR) is 141 cm³/mol. The van der Waals surface area contributed by atoms with Crippen LogP contribution in [0.4, 0.5) is 0 Å². The second-order valence-corrected chi connectivity index (χ2v) is 11.2. The smallest absolute Gasteiger partial charge is 0.120 e. The van der Waals surface area contributed by atoms with Crippen molar-refractivity contribution in [3.63, 3.8) is 0 Å².